The summed E-state index contributed by atoms with van der Waals surface area (Å²) in [6.45, 7) is 12.3. The number of primary amides is 1. The minimum atomic E-state index is -0.481. The summed E-state index contributed by atoms with van der Waals surface area (Å²) in [6.07, 6.45) is 12.1. The number of aromatic nitrogens is 2. The highest BCUT2D eigenvalue weighted by molar-refractivity contribution is 6.00. The third-order valence-corrected chi connectivity index (χ3v) is 7.83. The molecule has 2 aliphatic carbocycles. The molecule has 0 atom stereocenters. The van der Waals surface area contributed by atoms with Gasteiger partial charge in [-0.15, -0.1) is 0 Å². The number of unbranched alkanes of at least 4 members (excludes halogenated alkanes) is 1. The van der Waals surface area contributed by atoms with E-state index >= 15 is 0 Å². The van der Waals surface area contributed by atoms with Crippen molar-refractivity contribution in [1.82, 2.24) is 15.3 Å². The van der Waals surface area contributed by atoms with E-state index in [1.165, 1.54) is 38.5 Å². The molecule has 2 aromatic rings. The topological polar surface area (TPSA) is 127 Å². The van der Waals surface area contributed by atoms with E-state index in [1.54, 1.807) is 17.6 Å². The molecule has 8 nitrogen and oxygen atoms in total. The minimum absolute atomic E-state index is 0.0843. The lowest BCUT2D eigenvalue weighted by Crippen LogP contribution is -2.28. The standard InChI is InChI=1S/C22H28N4O4.C8H16.C2H6/c1-13-10-14(8-9-15(13)21(23)29)26-17-11-22(2,3)12-18(27)20(17)16(24-26)6-4-5-7-19(28)25-30;1-2-8-6-4-3-5-7-8;1-2/h8-10,30H,4-7,11-12H2,1-3H3,(H2,23,29)(H,25,28);8H,2-7H2,1H3;1-2H3. The first-order valence-electron chi connectivity index (χ1n) is 15.0. The third kappa shape index (κ3) is 9.01. The van der Waals surface area contributed by atoms with Crippen molar-refractivity contribution in [1.29, 1.82) is 0 Å². The quantitative estimate of drug-likeness (QED) is 0.191. The van der Waals surface area contributed by atoms with Gasteiger partial charge in [-0.1, -0.05) is 73.1 Å². The molecule has 1 saturated carbocycles. The number of carbonyl (C=O) groups is 3. The van der Waals surface area contributed by atoms with Gasteiger partial charge < -0.3 is 5.73 Å². The molecular formula is C32H50N4O4. The molecule has 1 fully saturated rings. The van der Waals surface area contributed by atoms with Crippen LogP contribution in [0.1, 0.15) is 136 Å². The number of hydrogen-bond acceptors (Lipinski definition) is 5. The summed E-state index contributed by atoms with van der Waals surface area (Å²) in [7, 11) is 0. The van der Waals surface area contributed by atoms with Crippen LogP contribution in [0.25, 0.3) is 5.69 Å². The molecule has 4 rings (SSSR count). The van der Waals surface area contributed by atoms with Gasteiger partial charge in [0.1, 0.15) is 0 Å². The Bertz CT molecular complexity index is 1150. The van der Waals surface area contributed by atoms with Gasteiger partial charge in [-0.25, -0.2) is 10.2 Å². The minimum Gasteiger partial charge on any atom is -0.366 e. The van der Waals surface area contributed by atoms with Gasteiger partial charge in [-0.3, -0.25) is 19.6 Å². The van der Waals surface area contributed by atoms with E-state index in [4.69, 9.17) is 16.0 Å². The first kappa shape index (κ1) is 33.2. The molecule has 2 amide bonds. The lowest BCUT2D eigenvalue weighted by Gasteiger charge is -2.29. The molecule has 0 aliphatic heterocycles. The normalized spacial score (nSPS) is 16.1. The van der Waals surface area contributed by atoms with Gasteiger partial charge in [0.15, 0.2) is 5.78 Å². The van der Waals surface area contributed by atoms with Gasteiger partial charge in [-0.05, 0) is 67.7 Å². The van der Waals surface area contributed by atoms with Gasteiger partial charge in [0.25, 0.3) is 0 Å². The van der Waals surface area contributed by atoms with E-state index in [0.717, 1.165) is 28.6 Å². The summed E-state index contributed by atoms with van der Waals surface area (Å²) in [5.74, 6) is 0.265. The Morgan fingerprint density at radius 2 is 1.80 bits per heavy atom. The lowest BCUT2D eigenvalue weighted by atomic mass is 9.75. The SMILES string of the molecule is CC.CCC1CCCCC1.Cc1cc(-n2nc(CCCCC(=O)NO)c3c2CC(C)(C)CC3=O)ccc1C(N)=O. The Hall–Kier alpha value is -3.00. The van der Waals surface area contributed by atoms with Crippen LogP contribution in [0.4, 0.5) is 0 Å². The number of nitrogens with zero attached hydrogens (tertiary/aromatic N) is 2. The highest BCUT2D eigenvalue weighted by Gasteiger charge is 2.36. The number of fused-ring (bicyclic) bond motifs is 1. The van der Waals surface area contributed by atoms with Crippen LogP contribution in [-0.2, 0) is 17.6 Å². The smallest absolute Gasteiger partial charge is 0.248 e. The fourth-order valence-electron chi connectivity index (χ4n) is 5.70. The molecule has 0 saturated heterocycles. The molecule has 2 aliphatic rings. The Balaban J connectivity index is 0.000000475. The highest BCUT2D eigenvalue weighted by Crippen LogP contribution is 2.37. The van der Waals surface area contributed by atoms with Crippen molar-refractivity contribution in [2.24, 2.45) is 17.1 Å². The molecule has 1 heterocycles. The average molecular weight is 555 g/mol. The maximum atomic E-state index is 13.0. The van der Waals surface area contributed by atoms with Gasteiger partial charge in [0.2, 0.25) is 11.8 Å². The fourth-order valence-corrected chi connectivity index (χ4v) is 5.70. The van der Waals surface area contributed by atoms with E-state index in [2.05, 4.69) is 20.8 Å². The summed E-state index contributed by atoms with van der Waals surface area (Å²) < 4.78 is 1.81. The molecule has 0 spiro atoms. The molecule has 40 heavy (non-hydrogen) atoms. The Kier molecular flexibility index (Phi) is 13.0. The number of ketones is 1. The maximum absolute atomic E-state index is 13.0. The first-order chi connectivity index (χ1) is 19.1. The van der Waals surface area contributed by atoms with Gasteiger partial charge in [0.05, 0.1) is 22.6 Å². The predicted molar refractivity (Wildman–Crippen MR) is 159 cm³/mol. The number of nitrogens with two attached hydrogens (primary N) is 1. The van der Waals surface area contributed by atoms with E-state index in [0.29, 0.717) is 43.2 Å². The Morgan fingerprint density at radius 1 is 1.12 bits per heavy atom. The van der Waals surface area contributed by atoms with Crippen molar-refractivity contribution in [2.45, 2.75) is 119 Å². The number of hydroxylamine groups is 1. The van der Waals surface area contributed by atoms with Crippen LogP contribution in [-0.4, -0.2) is 32.6 Å². The molecule has 1 aromatic carbocycles. The van der Waals surface area contributed by atoms with E-state index in [9.17, 15) is 14.4 Å². The van der Waals surface area contributed by atoms with E-state index < -0.39 is 11.8 Å². The molecule has 4 N–H and O–H groups in total. The molecule has 1 aromatic heterocycles. The Morgan fingerprint density at radius 3 is 2.35 bits per heavy atom. The summed E-state index contributed by atoms with van der Waals surface area (Å²) in [4.78, 5) is 35.7. The second kappa shape index (κ2) is 15.7. The number of hydrogen-bond donors (Lipinski definition) is 3. The molecule has 0 bridgehead atoms. The van der Waals surface area contributed by atoms with Crippen molar-refractivity contribution in [3.05, 3.63) is 46.3 Å². The zero-order valence-electron chi connectivity index (χ0n) is 25.4. The number of aryl methyl sites for hydroxylation is 2. The van der Waals surface area contributed by atoms with Crippen molar-refractivity contribution in [3.8, 4) is 5.69 Å². The number of amides is 2. The zero-order valence-corrected chi connectivity index (χ0v) is 25.4. The number of rotatable bonds is 8. The second-order valence-electron chi connectivity index (χ2n) is 11.6. The van der Waals surface area contributed by atoms with Crippen LogP contribution in [0.2, 0.25) is 0 Å². The van der Waals surface area contributed by atoms with E-state index in [1.807, 2.05) is 31.5 Å². The average Bonchev–Trinajstić information content (AvgIpc) is 3.30. The number of Topliss-reactive ketones (excluding diaryl/α,β-unsaturated/α-hetero) is 1. The van der Waals surface area contributed by atoms with Crippen molar-refractivity contribution in [3.63, 3.8) is 0 Å². The number of carbonyl (C=O) groups excluding carboxylic acids is 3. The third-order valence-electron chi connectivity index (χ3n) is 7.83. The maximum Gasteiger partial charge on any atom is 0.248 e. The van der Waals surface area contributed by atoms with Crippen LogP contribution >= 0.6 is 0 Å². The van der Waals surface area contributed by atoms with Crippen LogP contribution in [0.15, 0.2) is 18.2 Å². The first-order valence-corrected chi connectivity index (χ1v) is 15.0. The van der Waals surface area contributed by atoms with Gasteiger partial charge in [-0.2, -0.15) is 5.10 Å². The van der Waals surface area contributed by atoms with Crippen LogP contribution in [0, 0.1) is 18.3 Å². The van der Waals surface area contributed by atoms with Crippen LogP contribution in [0.5, 0.6) is 0 Å². The molecule has 0 unspecified atom stereocenters. The fraction of sp³-hybridized carbons (Fsp3) is 0.625. The Labute approximate surface area is 240 Å². The number of nitrogens with one attached hydrogen (secondary N) is 1. The van der Waals surface area contributed by atoms with Gasteiger partial charge in [0, 0.05) is 18.4 Å². The summed E-state index contributed by atoms with van der Waals surface area (Å²) in [6, 6.07) is 5.33. The van der Waals surface area contributed by atoms with Gasteiger partial charge >= 0.3 is 0 Å². The van der Waals surface area contributed by atoms with Crippen LogP contribution in [0.3, 0.4) is 0 Å². The number of benzene rings is 1. The monoisotopic (exact) mass is 554 g/mol. The van der Waals surface area contributed by atoms with Crippen molar-refractivity contribution < 1.29 is 19.6 Å². The van der Waals surface area contributed by atoms with Crippen LogP contribution < -0.4 is 11.2 Å². The molecule has 0 radical (unpaired) electrons. The molecule has 222 valence electrons. The molecule has 8 heteroatoms. The predicted octanol–water partition coefficient (Wildman–Crippen LogP) is 6.66. The van der Waals surface area contributed by atoms with Crippen molar-refractivity contribution in [2.75, 3.05) is 0 Å². The summed E-state index contributed by atoms with van der Waals surface area (Å²) in [5.41, 5.74) is 11.2. The molecular weight excluding hydrogens is 504 g/mol. The highest BCUT2D eigenvalue weighted by atomic mass is 16.5. The zero-order chi connectivity index (χ0) is 29.9. The largest absolute Gasteiger partial charge is 0.366 e. The lowest BCUT2D eigenvalue weighted by molar-refractivity contribution is -0.129. The van der Waals surface area contributed by atoms with E-state index in [-0.39, 0.29) is 17.6 Å². The summed E-state index contributed by atoms with van der Waals surface area (Å²) >= 11 is 0. The second-order valence-corrected chi connectivity index (χ2v) is 11.6. The van der Waals surface area contributed by atoms with Crippen molar-refractivity contribution >= 4 is 17.6 Å². The summed E-state index contributed by atoms with van der Waals surface area (Å²) in [5, 5.41) is 13.4.